The smallest absolute Gasteiger partial charge is 0.252 e. The van der Waals surface area contributed by atoms with Gasteiger partial charge in [-0.2, -0.15) is 0 Å². The van der Waals surface area contributed by atoms with Crippen molar-refractivity contribution in [3.8, 4) is 50.4 Å². The van der Waals surface area contributed by atoms with E-state index in [1.807, 2.05) is 72.8 Å². The summed E-state index contributed by atoms with van der Waals surface area (Å²) in [5.74, 6) is 0. The van der Waals surface area contributed by atoms with Crippen LogP contribution in [0.25, 0.3) is 138 Å². The van der Waals surface area contributed by atoms with Crippen molar-refractivity contribution in [2.75, 3.05) is 9.80 Å². The molecule has 0 radical (unpaired) electrons. The number of para-hydroxylation sites is 4. The highest BCUT2D eigenvalue weighted by atomic mass is 16.3. The third kappa shape index (κ3) is 10.7. The monoisotopic (exact) mass is 1470 g/mol. The Hall–Kier alpha value is -12.8. The van der Waals surface area contributed by atoms with Gasteiger partial charge in [-0.15, -0.1) is 0 Å². The lowest BCUT2D eigenvalue weighted by atomic mass is 9.33. The Morgan fingerprint density at radius 2 is 0.681 bits per heavy atom. The average molecular weight is 1470 g/mol. The van der Waals surface area contributed by atoms with Gasteiger partial charge in [0.2, 0.25) is 0 Å². The maximum Gasteiger partial charge on any atom is 0.252 e. The van der Waals surface area contributed by atoms with E-state index in [1.165, 1.54) is 26.8 Å². The molecule has 0 unspecified atom stereocenters. The molecular formula is C106H88BN5O. The molecule has 0 saturated heterocycles. The Morgan fingerprint density at radius 1 is 0.257 bits per heavy atom. The van der Waals surface area contributed by atoms with E-state index >= 15 is 0 Å². The number of hydrogen-bond donors (Lipinski definition) is 0. The Morgan fingerprint density at radius 3 is 1.18 bits per heavy atom. The van der Waals surface area contributed by atoms with Crippen molar-refractivity contribution in [2.24, 2.45) is 0 Å². The molecule has 0 amide bonds. The molecule has 2 aliphatic rings. The Kier molecular flexibility index (Phi) is 12.2. The van der Waals surface area contributed by atoms with Gasteiger partial charge >= 0.3 is 0 Å². The van der Waals surface area contributed by atoms with Gasteiger partial charge in [0.25, 0.3) is 6.71 Å². The van der Waals surface area contributed by atoms with E-state index in [1.54, 1.807) is 6.07 Å². The number of rotatable bonds is 8. The number of aromatic nitrogens is 3. The molecule has 2 aliphatic heterocycles. The Labute approximate surface area is 679 Å². The minimum Gasteiger partial charge on any atom is -0.452 e. The third-order valence-electron chi connectivity index (χ3n) is 23.7. The first-order valence-electron chi connectivity index (χ1n) is 45.5. The summed E-state index contributed by atoms with van der Waals surface area (Å²) in [6, 6.07) is 78.0. The van der Waals surface area contributed by atoms with Crippen LogP contribution in [0.5, 0.6) is 0 Å². The fraction of sp³-hybridized carbons (Fsp3) is 0.151. The van der Waals surface area contributed by atoms with Gasteiger partial charge in [-0.3, -0.25) is 0 Å². The highest BCUT2D eigenvalue weighted by Gasteiger charge is 2.45. The first-order valence-corrected chi connectivity index (χ1v) is 39.0. The molecule has 0 spiro atoms. The molecule has 113 heavy (non-hydrogen) atoms. The summed E-state index contributed by atoms with van der Waals surface area (Å²) in [5.41, 5.74) is 21.8. The number of nitrogens with zero attached hydrogens (tertiary/aromatic N) is 5. The third-order valence-corrected chi connectivity index (χ3v) is 23.7. The first-order chi connectivity index (χ1) is 60.0. The van der Waals surface area contributed by atoms with Crippen LogP contribution in [0, 0.1) is 0 Å². The molecule has 4 aromatic heterocycles. The van der Waals surface area contributed by atoms with Gasteiger partial charge < -0.3 is 27.9 Å². The molecule has 0 atom stereocenters. The summed E-state index contributed by atoms with van der Waals surface area (Å²) in [7, 11) is 0. The van der Waals surface area contributed by atoms with Crippen molar-refractivity contribution in [3.63, 3.8) is 0 Å². The van der Waals surface area contributed by atoms with Gasteiger partial charge in [0.15, 0.2) is 11.2 Å². The first kappa shape index (κ1) is 55.5. The van der Waals surface area contributed by atoms with Crippen molar-refractivity contribution in [3.05, 3.63) is 337 Å². The largest absolute Gasteiger partial charge is 0.452 e. The summed E-state index contributed by atoms with van der Waals surface area (Å²) >= 11 is 0. The van der Waals surface area contributed by atoms with E-state index < -0.39 is 73.2 Å². The normalized spacial score (nSPS) is 14.9. The second kappa shape index (κ2) is 24.8. The van der Waals surface area contributed by atoms with Gasteiger partial charge in [0.05, 0.1) is 68.0 Å². The predicted octanol–water partition coefficient (Wildman–Crippen LogP) is 27.2. The van der Waals surface area contributed by atoms with E-state index in [2.05, 4.69) is 260 Å². The highest BCUT2D eigenvalue weighted by molar-refractivity contribution is 7.00. The summed E-state index contributed by atoms with van der Waals surface area (Å²) in [4.78, 5) is 4.67. The van der Waals surface area contributed by atoms with Crippen molar-refractivity contribution in [2.45, 2.75) is 105 Å². The second-order valence-electron chi connectivity index (χ2n) is 34.8. The Balaban J connectivity index is 0.945. The molecular weight excluding hydrogens is 1370 g/mol. The number of benzene rings is 15. The van der Waals surface area contributed by atoms with Crippen LogP contribution >= 0.6 is 0 Å². The van der Waals surface area contributed by atoms with E-state index in [0.29, 0.717) is 33.3 Å². The Bertz CT molecular complexity index is 7710. The maximum absolute atomic E-state index is 9.72. The fourth-order valence-electron chi connectivity index (χ4n) is 17.9. The van der Waals surface area contributed by atoms with E-state index in [4.69, 9.17) is 8.53 Å². The predicted molar refractivity (Wildman–Crippen MR) is 482 cm³/mol. The summed E-state index contributed by atoms with van der Waals surface area (Å²) in [5, 5.41) is 5.53. The molecule has 0 aliphatic carbocycles. The van der Waals surface area contributed by atoms with Crippen LogP contribution in [0.15, 0.2) is 320 Å². The number of anilines is 6. The lowest BCUT2D eigenvalue weighted by Crippen LogP contribution is -2.61. The van der Waals surface area contributed by atoms with Crippen molar-refractivity contribution in [1.29, 1.82) is 0 Å². The summed E-state index contributed by atoms with van der Waals surface area (Å²) in [6.07, 6.45) is 0. The summed E-state index contributed by atoms with van der Waals surface area (Å²) < 4.78 is 136. The zero-order valence-electron chi connectivity index (χ0n) is 78.2. The molecule has 21 rings (SSSR count). The molecule has 0 fully saturated rings. The van der Waals surface area contributed by atoms with Gasteiger partial charge in [-0.1, -0.05) is 277 Å². The minimum absolute atomic E-state index is 0.0396. The number of furan rings is 1. The second-order valence-corrected chi connectivity index (χ2v) is 34.8. The zero-order chi connectivity index (χ0) is 88.2. The fourth-order valence-corrected chi connectivity index (χ4v) is 17.9. The van der Waals surface area contributed by atoms with Gasteiger partial charge in [-0.05, 0) is 215 Å². The molecule has 6 heterocycles. The molecule has 6 nitrogen and oxygen atoms in total. The lowest BCUT2D eigenvalue weighted by Gasteiger charge is -2.44. The average Bonchev–Trinajstić information content (AvgIpc) is 1.11. The van der Waals surface area contributed by atoms with E-state index in [-0.39, 0.29) is 72.4 Å². The maximum atomic E-state index is 9.72. The molecule has 15 aromatic carbocycles. The van der Waals surface area contributed by atoms with Crippen LogP contribution in [0.3, 0.4) is 0 Å². The van der Waals surface area contributed by atoms with Crippen LogP contribution in [-0.4, -0.2) is 20.4 Å². The topological polar surface area (TPSA) is 34.4 Å². The van der Waals surface area contributed by atoms with Crippen molar-refractivity contribution in [1.82, 2.24) is 13.7 Å². The highest BCUT2D eigenvalue weighted by Crippen LogP contribution is 2.53. The van der Waals surface area contributed by atoms with E-state index in [0.717, 1.165) is 116 Å². The van der Waals surface area contributed by atoms with E-state index in [9.17, 15) is 13.7 Å². The quantitative estimate of drug-likeness (QED) is 0.142. The molecule has 0 saturated carbocycles. The minimum atomic E-state index is -0.615. The van der Waals surface area contributed by atoms with Crippen LogP contribution in [0.2, 0.25) is 0 Å². The van der Waals surface area contributed by atoms with Gasteiger partial charge in [0, 0.05) is 77.2 Å². The molecule has 0 bridgehead atoms. The zero-order valence-corrected chi connectivity index (χ0v) is 65.2. The van der Waals surface area contributed by atoms with Crippen LogP contribution in [-0.2, 0) is 21.7 Å². The standard InChI is InChI=1S/C106H88BN5O/c1-103(2,3)71-43-50-90-82(58-71)83-59-72(104(4,5)6)44-51-91(83)108(90)75-47-49-87-97(62-75)112(95-41-27-37-81-80-36-26-40-94(101(80)113-102(81)95)111-88-38-24-22-34-78(88)79-35-23-25-39-89(79)111)99-64-77(109-92-52-45-73(105(7,8)9)60-84(92)85-61-74(106(10,11)12)46-53-93(85)109)63-98-100(99)107(87)86-48-42-68(65-28-16-13-17-29-65)57-96(86)110(98)76-55-69(66-30-18-14-19-31-66)54-70(56-76)67-32-20-15-21-33-67/h13-64H,1-12H3/i13D,16D,17D,22D,23D,24D,25D,28D,29D,34D,35D,38D,39D. The lowest BCUT2D eigenvalue weighted by molar-refractivity contribution is 0.590. The van der Waals surface area contributed by atoms with Crippen LogP contribution in [0.1, 0.15) is 123 Å². The molecule has 546 valence electrons. The molecule has 0 N–H and O–H groups in total. The number of hydrogen-bond acceptors (Lipinski definition) is 3. The SMILES string of the molecule is [2H]c1c([2H])c([2H])c(-c2ccc3c(c2)N(c2cc(-c4ccccc4)cc(-c4ccccc4)c2)c2cc(-n4c5ccc(C(C)(C)C)cc5c5cc(C(C)(C)C)ccc54)cc4c2B3c2ccc(-n3c5ccc(C(C)(C)C)cc5c5cc(C(C)(C)C)ccc53)cc2N4c2cccc3c2oc2c(-n4c5c([2H])c([2H])c([2H])c([2H])c5c5c([2H])c([2H])c([2H])c([2H])c54)cccc23)c([2H])c1[2H]. The van der Waals surface area contributed by atoms with Crippen molar-refractivity contribution >= 4 is 145 Å². The van der Waals surface area contributed by atoms with Crippen LogP contribution < -0.4 is 26.2 Å². The van der Waals surface area contributed by atoms with Crippen LogP contribution in [0.4, 0.5) is 34.1 Å². The number of fused-ring (bicyclic) bond motifs is 16. The summed E-state index contributed by atoms with van der Waals surface area (Å²) in [6.45, 7) is 26.4. The van der Waals surface area contributed by atoms with Crippen molar-refractivity contribution < 1.29 is 22.2 Å². The van der Waals surface area contributed by atoms with Gasteiger partial charge in [0.1, 0.15) is 0 Å². The molecule has 7 heteroatoms. The van der Waals surface area contributed by atoms with Gasteiger partial charge in [-0.25, -0.2) is 0 Å². The molecule has 19 aromatic rings.